The summed E-state index contributed by atoms with van der Waals surface area (Å²) in [6, 6.07) is 0.231. The minimum Gasteiger partial charge on any atom is -0.377 e. The second-order valence-electron chi connectivity index (χ2n) is 3.10. The molecular formula is C9H21NO. The molecule has 0 spiro atoms. The van der Waals surface area contributed by atoms with Crippen LogP contribution in [0.4, 0.5) is 0 Å². The average molecular weight is 159 g/mol. The molecule has 2 heteroatoms. The third-order valence-corrected chi connectivity index (χ3v) is 1.83. The van der Waals surface area contributed by atoms with Gasteiger partial charge in [0.2, 0.25) is 0 Å². The zero-order valence-electron chi connectivity index (χ0n) is 7.97. The van der Waals surface area contributed by atoms with Gasteiger partial charge in [0.15, 0.2) is 0 Å². The third-order valence-electron chi connectivity index (χ3n) is 1.83. The van der Waals surface area contributed by atoms with Gasteiger partial charge in [-0.05, 0) is 19.8 Å². The Balaban J connectivity index is 3.22. The minimum atomic E-state index is 0.231. The number of rotatable bonds is 6. The van der Waals surface area contributed by atoms with Crippen LogP contribution in [-0.2, 0) is 4.74 Å². The van der Waals surface area contributed by atoms with Gasteiger partial charge in [-0.25, -0.2) is 0 Å². The van der Waals surface area contributed by atoms with E-state index in [0.29, 0.717) is 12.7 Å². The summed E-state index contributed by atoms with van der Waals surface area (Å²) in [6.45, 7) is 7.06. The van der Waals surface area contributed by atoms with Gasteiger partial charge in [-0.15, -0.1) is 0 Å². The standard InChI is InChI=1S/C9H21NO/c1-4-6-9(10)7-11-8(3)5-2/h8-9H,4-7,10H2,1-3H3. The topological polar surface area (TPSA) is 35.2 Å². The number of hydrogen-bond donors (Lipinski definition) is 1. The molecule has 0 aromatic carbocycles. The van der Waals surface area contributed by atoms with Crippen molar-refractivity contribution in [3.8, 4) is 0 Å². The summed E-state index contributed by atoms with van der Waals surface area (Å²) < 4.78 is 5.48. The van der Waals surface area contributed by atoms with Crippen molar-refractivity contribution in [2.45, 2.75) is 52.2 Å². The maximum absolute atomic E-state index is 5.76. The van der Waals surface area contributed by atoms with Gasteiger partial charge in [0, 0.05) is 6.04 Å². The number of ether oxygens (including phenoxy) is 1. The van der Waals surface area contributed by atoms with Crippen LogP contribution in [0.5, 0.6) is 0 Å². The maximum atomic E-state index is 5.76. The van der Waals surface area contributed by atoms with Crippen LogP contribution in [0.2, 0.25) is 0 Å². The largest absolute Gasteiger partial charge is 0.377 e. The second-order valence-corrected chi connectivity index (χ2v) is 3.10. The first kappa shape index (κ1) is 10.9. The first-order chi connectivity index (χ1) is 5.20. The quantitative estimate of drug-likeness (QED) is 0.642. The van der Waals surface area contributed by atoms with E-state index in [1.807, 2.05) is 0 Å². The van der Waals surface area contributed by atoms with Gasteiger partial charge < -0.3 is 10.5 Å². The molecule has 0 aliphatic carbocycles. The minimum absolute atomic E-state index is 0.231. The van der Waals surface area contributed by atoms with Crippen LogP contribution in [0.15, 0.2) is 0 Å². The maximum Gasteiger partial charge on any atom is 0.0621 e. The predicted octanol–water partition coefficient (Wildman–Crippen LogP) is 1.93. The zero-order valence-corrected chi connectivity index (χ0v) is 7.97. The van der Waals surface area contributed by atoms with Gasteiger partial charge in [-0.2, -0.15) is 0 Å². The molecule has 0 aromatic rings. The molecule has 0 heterocycles. The van der Waals surface area contributed by atoms with Crippen molar-refractivity contribution < 1.29 is 4.74 Å². The lowest BCUT2D eigenvalue weighted by Crippen LogP contribution is -2.27. The lowest BCUT2D eigenvalue weighted by molar-refractivity contribution is 0.0526. The van der Waals surface area contributed by atoms with Gasteiger partial charge >= 0.3 is 0 Å². The van der Waals surface area contributed by atoms with Crippen molar-refractivity contribution in [3.05, 3.63) is 0 Å². The Morgan fingerprint density at radius 1 is 1.36 bits per heavy atom. The van der Waals surface area contributed by atoms with Crippen molar-refractivity contribution >= 4 is 0 Å². The molecule has 2 unspecified atom stereocenters. The van der Waals surface area contributed by atoms with Crippen LogP contribution < -0.4 is 5.73 Å². The Morgan fingerprint density at radius 3 is 2.45 bits per heavy atom. The molecule has 0 fully saturated rings. The van der Waals surface area contributed by atoms with E-state index >= 15 is 0 Å². The fraction of sp³-hybridized carbons (Fsp3) is 1.00. The van der Waals surface area contributed by atoms with Gasteiger partial charge in [-0.1, -0.05) is 20.3 Å². The third kappa shape index (κ3) is 6.32. The normalized spacial score (nSPS) is 16.4. The van der Waals surface area contributed by atoms with E-state index in [1.54, 1.807) is 0 Å². The monoisotopic (exact) mass is 159 g/mol. The molecule has 11 heavy (non-hydrogen) atoms. The van der Waals surface area contributed by atoms with E-state index in [4.69, 9.17) is 10.5 Å². The highest BCUT2D eigenvalue weighted by Crippen LogP contribution is 1.99. The van der Waals surface area contributed by atoms with Crippen molar-refractivity contribution in [3.63, 3.8) is 0 Å². The molecule has 0 amide bonds. The van der Waals surface area contributed by atoms with Gasteiger partial charge in [0.1, 0.15) is 0 Å². The smallest absolute Gasteiger partial charge is 0.0621 e. The highest BCUT2D eigenvalue weighted by molar-refractivity contribution is 4.59. The second kappa shape index (κ2) is 6.62. The summed E-state index contributed by atoms with van der Waals surface area (Å²) in [7, 11) is 0. The molecule has 0 radical (unpaired) electrons. The molecule has 0 aliphatic heterocycles. The summed E-state index contributed by atoms with van der Waals surface area (Å²) in [5, 5.41) is 0. The first-order valence-corrected chi connectivity index (χ1v) is 4.57. The molecule has 0 rings (SSSR count). The zero-order chi connectivity index (χ0) is 8.69. The van der Waals surface area contributed by atoms with Crippen molar-refractivity contribution in [1.82, 2.24) is 0 Å². The SMILES string of the molecule is CCCC(N)COC(C)CC. The molecular weight excluding hydrogens is 138 g/mol. The number of nitrogens with two attached hydrogens (primary N) is 1. The molecule has 2 atom stereocenters. The summed E-state index contributed by atoms with van der Waals surface area (Å²) in [6.07, 6.45) is 3.64. The Labute approximate surface area is 70.1 Å². The van der Waals surface area contributed by atoms with Crippen LogP contribution in [0.1, 0.15) is 40.0 Å². The highest BCUT2D eigenvalue weighted by atomic mass is 16.5. The highest BCUT2D eigenvalue weighted by Gasteiger charge is 2.03. The number of hydrogen-bond acceptors (Lipinski definition) is 2. The van der Waals surface area contributed by atoms with E-state index in [9.17, 15) is 0 Å². The van der Waals surface area contributed by atoms with Crippen LogP contribution >= 0.6 is 0 Å². The van der Waals surface area contributed by atoms with E-state index in [2.05, 4.69) is 20.8 Å². The fourth-order valence-electron chi connectivity index (χ4n) is 0.860. The van der Waals surface area contributed by atoms with E-state index in [0.717, 1.165) is 19.3 Å². The predicted molar refractivity (Wildman–Crippen MR) is 48.6 cm³/mol. The molecule has 0 aromatic heterocycles. The molecule has 0 bridgehead atoms. The lowest BCUT2D eigenvalue weighted by atomic mass is 10.2. The molecule has 2 N–H and O–H groups in total. The Hall–Kier alpha value is -0.0800. The van der Waals surface area contributed by atoms with Crippen molar-refractivity contribution in [1.29, 1.82) is 0 Å². The van der Waals surface area contributed by atoms with E-state index in [1.165, 1.54) is 0 Å². The van der Waals surface area contributed by atoms with Gasteiger partial charge in [-0.3, -0.25) is 0 Å². The van der Waals surface area contributed by atoms with Gasteiger partial charge in [0.25, 0.3) is 0 Å². The first-order valence-electron chi connectivity index (χ1n) is 4.57. The van der Waals surface area contributed by atoms with Crippen molar-refractivity contribution in [2.24, 2.45) is 5.73 Å². The molecule has 68 valence electrons. The average Bonchev–Trinajstić information content (AvgIpc) is 2.01. The van der Waals surface area contributed by atoms with Crippen LogP contribution in [-0.4, -0.2) is 18.8 Å². The van der Waals surface area contributed by atoms with Crippen LogP contribution in [0.25, 0.3) is 0 Å². The van der Waals surface area contributed by atoms with Crippen LogP contribution in [0.3, 0.4) is 0 Å². The fourth-order valence-corrected chi connectivity index (χ4v) is 0.860. The summed E-state index contributed by atoms with van der Waals surface area (Å²) in [5.41, 5.74) is 5.76. The summed E-state index contributed by atoms with van der Waals surface area (Å²) >= 11 is 0. The van der Waals surface area contributed by atoms with E-state index < -0.39 is 0 Å². The summed E-state index contributed by atoms with van der Waals surface area (Å²) in [5.74, 6) is 0. The van der Waals surface area contributed by atoms with Gasteiger partial charge in [0.05, 0.1) is 12.7 Å². The Bertz CT molecular complexity index is 85.6. The molecule has 2 nitrogen and oxygen atoms in total. The molecule has 0 saturated carbocycles. The molecule has 0 aliphatic rings. The Morgan fingerprint density at radius 2 is 2.00 bits per heavy atom. The lowest BCUT2D eigenvalue weighted by Gasteiger charge is -2.14. The Kier molecular flexibility index (Phi) is 6.57. The van der Waals surface area contributed by atoms with Crippen LogP contribution in [0, 0.1) is 0 Å². The van der Waals surface area contributed by atoms with E-state index in [-0.39, 0.29) is 6.04 Å². The van der Waals surface area contributed by atoms with Crippen molar-refractivity contribution in [2.75, 3.05) is 6.61 Å². The summed E-state index contributed by atoms with van der Waals surface area (Å²) in [4.78, 5) is 0. The molecule has 0 saturated heterocycles.